The molecule has 1 aliphatic rings. The Bertz CT molecular complexity index is 445. The van der Waals surface area contributed by atoms with Gasteiger partial charge in [-0.25, -0.2) is 0 Å². The van der Waals surface area contributed by atoms with Gasteiger partial charge < -0.3 is 10.1 Å². The summed E-state index contributed by atoms with van der Waals surface area (Å²) in [5, 5.41) is 12.2. The maximum Gasteiger partial charge on any atom is 0.253 e. The minimum Gasteiger partial charge on any atom is -0.411 e. The number of hydrogen-bond acceptors (Lipinski definition) is 4. The Labute approximate surface area is 106 Å². The SMILES string of the molecule is CCC1CN(C(=O)c2ccncc2)CC/C1=N\O. The van der Waals surface area contributed by atoms with Crippen LogP contribution in [0.15, 0.2) is 29.7 Å². The summed E-state index contributed by atoms with van der Waals surface area (Å²) in [6, 6.07) is 3.44. The van der Waals surface area contributed by atoms with Gasteiger partial charge in [0.15, 0.2) is 0 Å². The normalized spacial score (nSPS) is 22.2. The molecule has 0 aliphatic carbocycles. The number of rotatable bonds is 2. The van der Waals surface area contributed by atoms with Crippen molar-refractivity contribution in [2.75, 3.05) is 13.1 Å². The van der Waals surface area contributed by atoms with E-state index in [-0.39, 0.29) is 11.8 Å². The molecule has 1 unspecified atom stereocenters. The number of piperidine rings is 1. The number of pyridine rings is 1. The van der Waals surface area contributed by atoms with Gasteiger partial charge in [0.1, 0.15) is 0 Å². The molecule has 2 heterocycles. The lowest BCUT2D eigenvalue weighted by molar-refractivity contribution is 0.0729. The van der Waals surface area contributed by atoms with Crippen LogP contribution in [0, 0.1) is 5.92 Å². The molecule has 2 rings (SSSR count). The van der Waals surface area contributed by atoms with Crippen molar-refractivity contribution in [2.24, 2.45) is 11.1 Å². The van der Waals surface area contributed by atoms with Crippen LogP contribution in [0.2, 0.25) is 0 Å². The van der Waals surface area contributed by atoms with Gasteiger partial charge in [0.25, 0.3) is 5.91 Å². The third-order valence-corrected chi connectivity index (χ3v) is 3.39. The highest BCUT2D eigenvalue weighted by Crippen LogP contribution is 2.19. The van der Waals surface area contributed by atoms with Gasteiger partial charge in [0.2, 0.25) is 0 Å². The van der Waals surface area contributed by atoms with E-state index in [0.29, 0.717) is 25.1 Å². The van der Waals surface area contributed by atoms with Crippen molar-refractivity contribution in [1.29, 1.82) is 0 Å². The number of nitrogens with zero attached hydrogens (tertiary/aromatic N) is 3. The summed E-state index contributed by atoms with van der Waals surface area (Å²) in [5.74, 6) is 0.183. The Kier molecular flexibility index (Phi) is 3.92. The second-order valence-electron chi connectivity index (χ2n) is 4.43. The van der Waals surface area contributed by atoms with Crippen LogP contribution >= 0.6 is 0 Å². The Hall–Kier alpha value is -1.91. The minimum atomic E-state index is 0.0211. The van der Waals surface area contributed by atoms with Gasteiger partial charge >= 0.3 is 0 Å². The number of carbonyl (C=O) groups excluding carboxylic acids is 1. The summed E-state index contributed by atoms with van der Waals surface area (Å²) in [5.41, 5.74) is 1.46. The van der Waals surface area contributed by atoms with Crippen LogP contribution in [0.3, 0.4) is 0 Å². The van der Waals surface area contributed by atoms with Crippen LogP contribution in [0.1, 0.15) is 30.1 Å². The zero-order valence-electron chi connectivity index (χ0n) is 10.4. The van der Waals surface area contributed by atoms with Gasteiger partial charge in [-0.15, -0.1) is 0 Å². The zero-order chi connectivity index (χ0) is 13.0. The fraction of sp³-hybridized carbons (Fsp3) is 0.462. The van der Waals surface area contributed by atoms with Crippen LogP contribution in [0.25, 0.3) is 0 Å². The molecule has 0 spiro atoms. The monoisotopic (exact) mass is 247 g/mol. The Balaban J connectivity index is 2.10. The number of amides is 1. The van der Waals surface area contributed by atoms with E-state index in [4.69, 9.17) is 5.21 Å². The molecule has 1 atom stereocenters. The molecule has 1 saturated heterocycles. The van der Waals surface area contributed by atoms with Crippen LogP contribution in [0.4, 0.5) is 0 Å². The van der Waals surface area contributed by atoms with Crippen molar-refractivity contribution in [3.8, 4) is 0 Å². The topological polar surface area (TPSA) is 65.8 Å². The molecule has 1 fully saturated rings. The van der Waals surface area contributed by atoms with E-state index in [1.54, 1.807) is 24.5 Å². The molecule has 0 bridgehead atoms. The van der Waals surface area contributed by atoms with Crippen LogP contribution < -0.4 is 0 Å². The molecule has 96 valence electrons. The third kappa shape index (κ3) is 2.50. The minimum absolute atomic E-state index is 0.0211. The molecule has 18 heavy (non-hydrogen) atoms. The first-order valence-electron chi connectivity index (χ1n) is 6.16. The van der Waals surface area contributed by atoms with Crippen molar-refractivity contribution >= 4 is 11.6 Å². The molecule has 5 heteroatoms. The van der Waals surface area contributed by atoms with Crippen LogP contribution in [-0.2, 0) is 0 Å². The predicted octanol–water partition coefficient (Wildman–Crippen LogP) is 1.78. The molecule has 0 saturated carbocycles. The zero-order valence-corrected chi connectivity index (χ0v) is 10.4. The molecule has 5 nitrogen and oxygen atoms in total. The van der Waals surface area contributed by atoms with E-state index in [1.807, 2.05) is 11.8 Å². The van der Waals surface area contributed by atoms with E-state index in [1.165, 1.54) is 0 Å². The first-order valence-corrected chi connectivity index (χ1v) is 6.16. The quantitative estimate of drug-likeness (QED) is 0.640. The molecule has 1 amide bonds. The number of carbonyl (C=O) groups is 1. The summed E-state index contributed by atoms with van der Waals surface area (Å²) in [7, 11) is 0. The number of likely N-dealkylation sites (tertiary alicyclic amines) is 1. The standard InChI is InChI=1S/C13H17N3O2/c1-2-10-9-16(8-5-12(10)15-18)13(17)11-3-6-14-7-4-11/h3-4,6-7,10,18H,2,5,8-9H2,1H3/b15-12+. The third-order valence-electron chi connectivity index (χ3n) is 3.39. The summed E-state index contributed by atoms with van der Waals surface area (Å²) in [6.45, 7) is 3.27. The summed E-state index contributed by atoms with van der Waals surface area (Å²) < 4.78 is 0. The fourth-order valence-electron chi connectivity index (χ4n) is 2.27. The summed E-state index contributed by atoms with van der Waals surface area (Å²) >= 11 is 0. The smallest absolute Gasteiger partial charge is 0.253 e. The maximum atomic E-state index is 12.3. The Morgan fingerprint density at radius 2 is 2.28 bits per heavy atom. The van der Waals surface area contributed by atoms with Gasteiger partial charge in [-0.3, -0.25) is 9.78 Å². The lowest BCUT2D eigenvalue weighted by Gasteiger charge is -2.32. The van der Waals surface area contributed by atoms with Crippen molar-refractivity contribution in [1.82, 2.24) is 9.88 Å². The molecule has 0 radical (unpaired) electrons. The molecule has 1 aromatic heterocycles. The second kappa shape index (κ2) is 5.62. The Morgan fingerprint density at radius 3 is 2.89 bits per heavy atom. The average Bonchev–Trinajstić information content (AvgIpc) is 2.46. The average molecular weight is 247 g/mol. The van der Waals surface area contributed by atoms with Gasteiger partial charge in [0.05, 0.1) is 5.71 Å². The van der Waals surface area contributed by atoms with E-state index < -0.39 is 0 Å². The summed E-state index contributed by atoms with van der Waals surface area (Å²) in [6.07, 6.45) is 4.76. The van der Waals surface area contributed by atoms with Crippen molar-refractivity contribution in [2.45, 2.75) is 19.8 Å². The molecule has 1 aliphatic heterocycles. The molecule has 0 aromatic carbocycles. The van der Waals surface area contributed by atoms with Crippen molar-refractivity contribution in [3.63, 3.8) is 0 Å². The molecule has 1 N–H and O–H groups in total. The van der Waals surface area contributed by atoms with Gasteiger partial charge in [-0.1, -0.05) is 12.1 Å². The van der Waals surface area contributed by atoms with E-state index in [0.717, 1.165) is 12.1 Å². The number of hydrogen-bond donors (Lipinski definition) is 1. The highest BCUT2D eigenvalue weighted by atomic mass is 16.4. The lowest BCUT2D eigenvalue weighted by atomic mass is 9.93. The highest BCUT2D eigenvalue weighted by Gasteiger charge is 2.28. The van der Waals surface area contributed by atoms with E-state index in [9.17, 15) is 4.79 Å². The number of aromatic nitrogens is 1. The first-order chi connectivity index (χ1) is 8.76. The number of oxime groups is 1. The maximum absolute atomic E-state index is 12.3. The highest BCUT2D eigenvalue weighted by molar-refractivity contribution is 5.96. The van der Waals surface area contributed by atoms with Crippen LogP contribution in [0.5, 0.6) is 0 Å². The Morgan fingerprint density at radius 1 is 1.56 bits per heavy atom. The van der Waals surface area contributed by atoms with Crippen molar-refractivity contribution < 1.29 is 10.0 Å². The van der Waals surface area contributed by atoms with Gasteiger partial charge in [0, 0.05) is 43.4 Å². The van der Waals surface area contributed by atoms with E-state index >= 15 is 0 Å². The predicted molar refractivity (Wildman–Crippen MR) is 67.8 cm³/mol. The summed E-state index contributed by atoms with van der Waals surface area (Å²) in [4.78, 5) is 18.0. The first kappa shape index (κ1) is 12.5. The van der Waals surface area contributed by atoms with E-state index in [2.05, 4.69) is 10.1 Å². The largest absolute Gasteiger partial charge is 0.411 e. The molecular formula is C13H17N3O2. The lowest BCUT2D eigenvalue weighted by Crippen LogP contribution is -2.44. The van der Waals surface area contributed by atoms with Gasteiger partial charge in [-0.2, -0.15) is 0 Å². The second-order valence-corrected chi connectivity index (χ2v) is 4.43. The molecule has 1 aromatic rings. The van der Waals surface area contributed by atoms with Crippen molar-refractivity contribution in [3.05, 3.63) is 30.1 Å². The molecular weight excluding hydrogens is 230 g/mol. The van der Waals surface area contributed by atoms with Crippen LogP contribution in [-0.4, -0.2) is 39.8 Å². The fourth-order valence-corrected chi connectivity index (χ4v) is 2.27. The van der Waals surface area contributed by atoms with Gasteiger partial charge in [-0.05, 0) is 18.6 Å².